The lowest BCUT2D eigenvalue weighted by Crippen LogP contribution is -2.45. The number of allylic oxidation sites excluding steroid dienone is 7. The van der Waals surface area contributed by atoms with Gasteiger partial charge in [0.15, 0.2) is 0 Å². The van der Waals surface area contributed by atoms with Crippen molar-refractivity contribution in [3.05, 3.63) is 48.6 Å². The van der Waals surface area contributed by atoms with Gasteiger partial charge < -0.3 is 20.3 Å². The Kier molecular flexibility index (Phi) is 59.5. The molecule has 0 saturated carbocycles. The molecule has 0 aliphatic rings. The van der Waals surface area contributed by atoms with Crippen LogP contribution in [0.15, 0.2) is 48.6 Å². The van der Waals surface area contributed by atoms with E-state index >= 15 is 0 Å². The zero-order chi connectivity index (χ0) is 52.2. The van der Waals surface area contributed by atoms with Crippen molar-refractivity contribution in [1.29, 1.82) is 0 Å². The first-order valence-electron chi connectivity index (χ1n) is 31.9. The highest BCUT2D eigenvalue weighted by molar-refractivity contribution is 5.76. The van der Waals surface area contributed by atoms with Gasteiger partial charge in [-0.05, 0) is 83.5 Å². The zero-order valence-corrected chi connectivity index (χ0v) is 48.2. The van der Waals surface area contributed by atoms with E-state index < -0.39 is 12.1 Å². The number of unbranched alkanes of at least 4 members (excludes halogenated alkanes) is 42. The van der Waals surface area contributed by atoms with Gasteiger partial charge in [-0.2, -0.15) is 0 Å². The van der Waals surface area contributed by atoms with E-state index in [9.17, 15) is 19.8 Å². The Morgan fingerprint density at radius 1 is 0.389 bits per heavy atom. The molecule has 6 heteroatoms. The third-order valence-corrected chi connectivity index (χ3v) is 14.5. The van der Waals surface area contributed by atoms with E-state index in [0.29, 0.717) is 19.4 Å². The van der Waals surface area contributed by atoms with Gasteiger partial charge in [0.05, 0.1) is 25.4 Å². The number of esters is 1. The maximum absolute atomic E-state index is 12.5. The molecule has 2 atom stereocenters. The van der Waals surface area contributed by atoms with Crippen LogP contribution < -0.4 is 5.32 Å². The van der Waals surface area contributed by atoms with Crippen molar-refractivity contribution < 1.29 is 24.5 Å². The molecule has 0 rings (SSSR count). The van der Waals surface area contributed by atoms with Crippen molar-refractivity contribution in [3.63, 3.8) is 0 Å². The molecule has 0 aliphatic heterocycles. The van der Waals surface area contributed by atoms with Gasteiger partial charge in [0.2, 0.25) is 5.91 Å². The average Bonchev–Trinajstić information content (AvgIpc) is 3.38. The maximum atomic E-state index is 12.5. The number of aliphatic hydroxyl groups excluding tert-OH is 2. The predicted molar refractivity (Wildman–Crippen MR) is 315 cm³/mol. The molecule has 422 valence electrons. The van der Waals surface area contributed by atoms with Crippen LogP contribution in [0, 0.1) is 0 Å². The fourth-order valence-electron chi connectivity index (χ4n) is 9.67. The number of ether oxygens (including phenoxy) is 1. The third-order valence-electron chi connectivity index (χ3n) is 14.5. The Labute approximate surface area is 448 Å². The van der Waals surface area contributed by atoms with Crippen LogP contribution in [0.25, 0.3) is 0 Å². The Hall–Kier alpha value is -2.18. The number of aliphatic hydroxyl groups is 2. The van der Waals surface area contributed by atoms with Crippen molar-refractivity contribution in [2.75, 3.05) is 13.2 Å². The van der Waals surface area contributed by atoms with Crippen molar-refractivity contribution in [1.82, 2.24) is 5.32 Å². The number of amides is 1. The standard InChI is InChI=1S/C66H123NO5/c1-3-5-7-9-11-13-15-17-35-38-42-46-50-54-58-64(69)63(62-68)67-65(70)59-55-51-47-43-39-36-32-30-28-26-24-22-20-18-19-21-23-25-27-29-31-33-37-41-45-49-53-57-61-72-66(71)60-56-52-48-44-40-34-16-14-12-10-8-6-4-2/h8,10,14,16,18-19,54,58,63-64,68-69H,3-7,9,11-13,15,17,20-53,55-57,59-62H2,1-2H3,(H,67,70)/b10-8-,16-14-,19-18-,58-54+. The Balaban J connectivity index is 3.40. The second-order valence-corrected chi connectivity index (χ2v) is 21.7. The summed E-state index contributed by atoms with van der Waals surface area (Å²) in [5, 5.41) is 23.1. The SMILES string of the molecule is CCC/C=C\C/C=C\CCCCCCCC(=O)OCCCCCCCCCCCCCC/C=C\CCCCCCCCCCCCCCC(=O)NC(CO)C(O)/C=C/CCCCCCCCCCCCCC. The quantitative estimate of drug-likeness (QED) is 0.0320. The summed E-state index contributed by atoms with van der Waals surface area (Å²) in [6, 6.07) is -0.628. The first-order chi connectivity index (χ1) is 35.5. The lowest BCUT2D eigenvalue weighted by atomic mass is 10.0. The lowest BCUT2D eigenvalue weighted by molar-refractivity contribution is -0.143. The highest BCUT2D eigenvalue weighted by Crippen LogP contribution is 2.17. The van der Waals surface area contributed by atoms with Gasteiger partial charge in [-0.25, -0.2) is 0 Å². The van der Waals surface area contributed by atoms with E-state index in [0.717, 1.165) is 51.4 Å². The number of carbonyl (C=O) groups excluding carboxylic acids is 2. The highest BCUT2D eigenvalue weighted by Gasteiger charge is 2.18. The molecular weight excluding hydrogens is 887 g/mol. The topological polar surface area (TPSA) is 95.9 Å². The van der Waals surface area contributed by atoms with Gasteiger partial charge in [0, 0.05) is 12.8 Å². The van der Waals surface area contributed by atoms with Crippen LogP contribution in [-0.4, -0.2) is 47.4 Å². The summed E-state index contributed by atoms with van der Waals surface area (Å²) in [5.41, 5.74) is 0. The number of rotatable bonds is 59. The summed E-state index contributed by atoms with van der Waals surface area (Å²) >= 11 is 0. The van der Waals surface area contributed by atoms with Crippen LogP contribution in [0.4, 0.5) is 0 Å². The third kappa shape index (κ3) is 57.1. The fraction of sp³-hybridized carbons (Fsp3) is 0.848. The van der Waals surface area contributed by atoms with E-state index in [2.05, 4.69) is 55.6 Å². The minimum absolute atomic E-state index is 0.000257. The summed E-state index contributed by atoms with van der Waals surface area (Å²) in [4.78, 5) is 24.5. The molecule has 0 saturated heterocycles. The minimum atomic E-state index is -0.844. The van der Waals surface area contributed by atoms with Gasteiger partial charge in [-0.3, -0.25) is 9.59 Å². The van der Waals surface area contributed by atoms with E-state index in [1.807, 2.05) is 6.08 Å². The molecule has 3 N–H and O–H groups in total. The number of nitrogens with one attached hydrogen (secondary N) is 1. The first kappa shape index (κ1) is 69.8. The van der Waals surface area contributed by atoms with Crippen LogP contribution in [0.1, 0.15) is 335 Å². The molecule has 1 amide bonds. The monoisotopic (exact) mass is 1010 g/mol. The molecular formula is C66H123NO5. The number of hydrogen-bond donors (Lipinski definition) is 3. The maximum Gasteiger partial charge on any atom is 0.305 e. The van der Waals surface area contributed by atoms with Crippen LogP contribution >= 0.6 is 0 Å². The zero-order valence-electron chi connectivity index (χ0n) is 48.2. The van der Waals surface area contributed by atoms with E-state index in [1.165, 1.54) is 257 Å². The normalized spacial score (nSPS) is 12.9. The van der Waals surface area contributed by atoms with Crippen molar-refractivity contribution in [3.8, 4) is 0 Å². The molecule has 0 aromatic rings. The summed E-state index contributed by atoms with van der Waals surface area (Å²) < 4.78 is 5.47. The first-order valence-corrected chi connectivity index (χ1v) is 31.9. The molecule has 0 aromatic carbocycles. The molecule has 2 unspecified atom stereocenters. The van der Waals surface area contributed by atoms with E-state index in [-0.39, 0.29) is 18.5 Å². The van der Waals surface area contributed by atoms with Gasteiger partial charge in [-0.15, -0.1) is 0 Å². The second-order valence-electron chi connectivity index (χ2n) is 21.7. The number of carbonyl (C=O) groups is 2. The van der Waals surface area contributed by atoms with Gasteiger partial charge >= 0.3 is 5.97 Å². The van der Waals surface area contributed by atoms with E-state index in [4.69, 9.17) is 4.74 Å². The number of hydrogen-bond acceptors (Lipinski definition) is 5. The van der Waals surface area contributed by atoms with Crippen LogP contribution in [0.2, 0.25) is 0 Å². The van der Waals surface area contributed by atoms with Gasteiger partial charge in [0.1, 0.15) is 0 Å². The summed E-state index contributed by atoms with van der Waals surface area (Å²) in [6.45, 7) is 4.84. The smallest absolute Gasteiger partial charge is 0.305 e. The Morgan fingerprint density at radius 2 is 0.722 bits per heavy atom. The molecule has 72 heavy (non-hydrogen) atoms. The van der Waals surface area contributed by atoms with Crippen LogP contribution in [-0.2, 0) is 14.3 Å². The fourth-order valence-corrected chi connectivity index (χ4v) is 9.67. The molecule has 0 bridgehead atoms. The molecule has 0 radical (unpaired) electrons. The molecule has 0 spiro atoms. The van der Waals surface area contributed by atoms with Crippen molar-refractivity contribution in [2.24, 2.45) is 0 Å². The highest BCUT2D eigenvalue weighted by atomic mass is 16.5. The molecule has 0 aromatic heterocycles. The van der Waals surface area contributed by atoms with E-state index in [1.54, 1.807) is 6.08 Å². The molecule has 0 heterocycles. The van der Waals surface area contributed by atoms with Gasteiger partial charge in [0.25, 0.3) is 0 Å². The van der Waals surface area contributed by atoms with Gasteiger partial charge in [-0.1, -0.05) is 287 Å². The van der Waals surface area contributed by atoms with Crippen molar-refractivity contribution >= 4 is 11.9 Å². The molecule has 0 aliphatic carbocycles. The summed E-state index contributed by atoms with van der Waals surface area (Å²) in [7, 11) is 0. The lowest BCUT2D eigenvalue weighted by Gasteiger charge is -2.20. The van der Waals surface area contributed by atoms with Crippen LogP contribution in [0.3, 0.4) is 0 Å². The Bertz CT molecular complexity index is 1210. The summed E-state index contributed by atoms with van der Waals surface area (Å²) in [6.07, 6.45) is 78.8. The second kappa shape index (κ2) is 61.4. The predicted octanol–water partition coefficient (Wildman–Crippen LogP) is 20.1. The molecule has 6 nitrogen and oxygen atoms in total. The van der Waals surface area contributed by atoms with Crippen molar-refractivity contribution in [2.45, 2.75) is 347 Å². The van der Waals surface area contributed by atoms with Crippen LogP contribution in [0.5, 0.6) is 0 Å². The minimum Gasteiger partial charge on any atom is -0.466 e. The summed E-state index contributed by atoms with van der Waals surface area (Å²) in [5.74, 6) is -0.0677. The largest absolute Gasteiger partial charge is 0.466 e. The molecule has 0 fully saturated rings. The Morgan fingerprint density at radius 3 is 1.12 bits per heavy atom. The average molecular weight is 1010 g/mol.